The van der Waals surface area contributed by atoms with Gasteiger partial charge in [0, 0.05) is 23.7 Å². The van der Waals surface area contributed by atoms with Gasteiger partial charge in [-0.25, -0.2) is 13.1 Å². The maximum absolute atomic E-state index is 12.8. The van der Waals surface area contributed by atoms with Gasteiger partial charge in [-0.15, -0.1) is 0 Å². The third-order valence-electron chi connectivity index (χ3n) is 4.22. The molecule has 2 aromatic rings. The Morgan fingerprint density at radius 3 is 2.37 bits per heavy atom. The minimum absolute atomic E-state index is 0.123. The first-order valence-electron chi connectivity index (χ1n) is 9.46. The van der Waals surface area contributed by atoms with E-state index in [1.165, 1.54) is 0 Å². The van der Waals surface area contributed by atoms with Crippen molar-refractivity contribution in [2.75, 3.05) is 0 Å². The van der Waals surface area contributed by atoms with Gasteiger partial charge in [0.15, 0.2) is 0 Å². The second-order valence-corrected chi connectivity index (χ2v) is 10.1. The van der Waals surface area contributed by atoms with E-state index in [1.54, 1.807) is 24.7 Å². The van der Waals surface area contributed by atoms with Gasteiger partial charge in [-0.1, -0.05) is 32.0 Å². The minimum atomic E-state index is -3.58. The fourth-order valence-electron chi connectivity index (χ4n) is 2.96. The third kappa shape index (κ3) is 6.79. The quantitative estimate of drug-likeness (QED) is 0.653. The third-order valence-corrected chi connectivity index (χ3v) is 6.08. The molecule has 6 heteroatoms. The summed E-state index contributed by atoms with van der Waals surface area (Å²) in [5, 5.41) is 3.52. The van der Waals surface area contributed by atoms with E-state index >= 15 is 0 Å². The highest BCUT2D eigenvalue weighted by Crippen LogP contribution is 2.24. The van der Waals surface area contributed by atoms with Crippen molar-refractivity contribution in [2.45, 2.75) is 70.5 Å². The second-order valence-electron chi connectivity index (χ2n) is 8.42. The maximum Gasteiger partial charge on any atom is 0.241 e. The van der Waals surface area contributed by atoms with Crippen molar-refractivity contribution in [2.24, 2.45) is 5.92 Å². The van der Waals surface area contributed by atoms with Crippen molar-refractivity contribution >= 4 is 10.0 Å². The Morgan fingerprint density at radius 2 is 1.78 bits per heavy atom. The molecule has 1 heterocycles. The molecular weight excluding hydrogens is 360 g/mol. The molecule has 2 rings (SSSR count). The van der Waals surface area contributed by atoms with E-state index < -0.39 is 15.6 Å². The topological polar surface area (TPSA) is 71.3 Å². The van der Waals surface area contributed by atoms with Crippen LogP contribution in [0.4, 0.5) is 0 Å². The predicted molar refractivity (Wildman–Crippen MR) is 109 cm³/mol. The zero-order chi connectivity index (χ0) is 20.1. The summed E-state index contributed by atoms with van der Waals surface area (Å²) in [6.45, 7) is 10.4. The second kappa shape index (κ2) is 9.04. The van der Waals surface area contributed by atoms with Crippen LogP contribution in [0, 0.1) is 5.92 Å². The lowest BCUT2D eigenvalue weighted by molar-refractivity contribution is 0.433. The summed E-state index contributed by atoms with van der Waals surface area (Å²) in [5.41, 5.74) is 1.31. The van der Waals surface area contributed by atoms with Crippen molar-refractivity contribution in [3.05, 3.63) is 54.0 Å². The molecule has 0 aliphatic heterocycles. The predicted octanol–water partition coefficient (Wildman–Crippen LogP) is 4.62. The van der Waals surface area contributed by atoms with E-state index in [0.29, 0.717) is 17.4 Å². The molecule has 0 aliphatic carbocycles. The molecule has 1 aromatic heterocycles. The standard InChI is InChI=1S/C21H32N2O3S/c1-16(2)10-11-19(18-12-13-26-15-18)22-14-17-8-6-7-9-20(17)27(24,25)23-21(3,4)5/h6-9,12-13,15-16,19,22-23H,10-11,14H2,1-5H3/t19-/m1/s1. The maximum atomic E-state index is 12.8. The molecule has 5 nitrogen and oxygen atoms in total. The summed E-state index contributed by atoms with van der Waals surface area (Å²) in [5.74, 6) is 0.602. The largest absolute Gasteiger partial charge is 0.472 e. The number of hydrogen-bond donors (Lipinski definition) is 2. The Labute approximate surface area is 163 Å². The SMILES string of the molecule is CC(C)CC[C@@H](NCc1ccccc1S(=O)(=O)NC(C)(C)C)c1ccoc1. The van der Waals surface area contributed by atoms with Crippen molar-refractivity contribution in [3.63, 3.8) is 0 Å². The van der Waals surface area contributed by atoms with Crippen LogP contribution in [0.3, 0.4) is 0 Å². The summed E-state index contributed by atoms with van der Waals surface area (Å²) >= 11 is 0. The zero-order valence-electron chi connectivity index (χ0n) is 17.0. The number of rotatable bonds is 9. The summed E-state index contributed by atoms with van der Waals surface area (Å²) in [6, 6.07) is 9.23. The van der Waals surface area contributed by atoms with Gasteiger partial charge in [-0.3, -0.25) is 0 Å². The van der Waals surface area contributed by atoms with Gasteiger partial charge < -0.3 is 9.73 Å². The molecule has 0 amide bonds. The fraction of sp³-hybridized carbons (Fsp3) is 0.524. The van der Waals surface area contributed by atoms with Gasteiger partial charge in [-0.2, -0.15) is 0 Å². The summed E-state index contributed by atoms with van der Waals surface area (Å²) in [7, 11) is -3.58. The number of furan rings is 1. The molecule has 27 heavy (non-hydrogen) atoms. The minimum Gasteiger partial charge on any atom is -0.472 e. The van der Waals surface area contributed by atoms with Gasteiger partial charge in [0.25, 0.3) is 0 Å². The molecule has 2 N–H and O–H groups in total. The number of benzene rings is 1. The van der Waals surface area contributed by atoms with Crippen LogP contribution in [0.2, 0.25) is 0 Å². The van der Waals surface area contributed by atoms with Crippen molar-refractivity contribution in [3.8, 4) is 0 Å². The van der Waals surface area contributed by atoms with Crippen LogP contribution in [0.5, 0.6) is 0 Å². The highest BCUT2D eigenvalue weighted by atomic mass is 32.2. The normalized spacial score (nSPS) is 13.9. The van der Waals surface area contributed by atoms with Crippen LogP contribution in [0.15, 0.2) is 52.2 Å². The highest BCUT2D eigenvalue weighted by Gasteiger charge is 2.24. The molecule has 0 aliphatic rings. The average molecular weight is 393 g/mol. The van der Waals surface area contributed by atoms with Crippen molar-refractivity contribution < 1.29 is 12.8 Å². The van der Waals surface area contributed by atoms with Crippen molar-refractivity contribution in [1.82, 2.24) is 10.0 Å². The molecule has 150 valence electrons. The van der Waals surface area contributed by atoms with Crippen LogP contribution in [0.25, 0.3) is 0 Å². The summed E-state index contributed by atoms with van der Waals surface area (Å²) < 4.78 is 33.6. The highest BCUT2D eigenvalue weighted by molar-refractivity contribution is 7.89. The smallest absolute Gasteiger partial charge is 0.241 e. The molecule has 0 unspecified atom stereocenters. The first-order valence-corrected chi connectivity index (χ1v) is 10.9. The Bertz CT molecular complexity index is 806. The summed E-state index contributed by atoms with van der Waals surface area (Å²) in [4.78, 5) is 0.322. The first kappa shape index (κ1) is 21.7. The van der Waals surface area contributed by atoms with Gasteiger partial charge in [0.05, 0.1) is 17.4 Å². The Hall–Kier alpha value is -1.63. The van der Waals surface area contributed by atoms with Gasteiger partial charge >= 0.3 is 0 Å². The van der Waals surface area contributed by atoms with Crippen LogP contribution in [0.1, 0.15) is 64.6 Å². The molecule has 0 saturated carbocycles. The van der Waals surface area contributed by atoms with E-state index in [-0.39, 0.29) is 6.04 Å². The molecule has 0 bridgehead atoms. The summed E-state index contributed by atoms with van der Waals surface area (Å²) in [6.07, 6.45) is 5.47. The number of nitrogens with one attached hydrogen (secondary N) is 2. The monoisotopic (exact) mass is 392 g/mol. The molecular formula is C21H32N2O3S. The fourth-order valence-corrected chi connectivity index (χ4v) is 4.62. The molecule has 1 aromatic carbocycles. The van der Waals surface area contributed by atoms with E-state index in [2.05, 4.69) is 23.9 Å². The van der Waals surface area contributed by atoms with Crippen LogP contribution in [-0.2, 0) is 16.6 Å². The lowest BCUT2D eigenvalue weighted by atomic mass is 9.99. The zero-order valence-corrected chi connectivity index (χ0v) is 17.8. The Balaban J connectivity index is 2.19. The Kier molecular flexibility index (Phi) is 7.25. The molecule has 0 fully saturated rings. The number of hydrogen-bond acceptors (Lipinski definition) is 4. The van der Waals surface area contributed by atoms with Gasteiger partial charge in [0.1, 0.15) is 0 Å². The molecule has 1 atom stereocenters. The molecule has 0 saturated heterocycles. The van der Waals surface area contributed by atoms with E-state index in [9.17, 15) is 8.42 Å². The molecule has 0 spiro atoms. The average Bonchev–Trinajstić information content (AvgIpc) is 3.07. The van der Waals surface area contributed by atoms with E-state index in [1.807, 2.05) is 39.0 Å². The van der Waals surface area contributed by atoms with Crippen LogP contribution < -0.4 is 10.0 Å². The van der Waals surface area contributed by atoms with Crippen LogP contribution in [-0.4, -0.2) is 14.0 Å². The first-order chi connectivity index (χ1) is 12.6. The van der Waals surface area contributed by atoms with E-state index in [0.717, 1.165) is 24.0 Å². The van der Waals surface area contributed by atoms with Crippen molar-refractivity contribution in [1.29, 1.82) is 0 Å². The lowest BCUT2D eigenvalue weighted by Crippen LogP contribution is -2.41. The van der Waals surface area contributed by atoms with Gasteiger partial charge in [-0.05, 0) is 57.2 Å². The number of sulfonamides is 1. The van der Waals surface area contributed by atoms with E-state index in [4.69, 9.17) is 4.42 Å². The van der Waals surface area contributed by atoms with Crippen LogP contribution >= 0.6 is 0 Å². The molecule has 0 radical (unpaired) electrons. The Morgan fingerprint density at radius 1 is 1.07 bits per heavy atom. The lowest BCUT2D eigenvalue weighted by Gasteiger charge is -2.23. The van der Waals surface area contributed by atoms with Gasteiger partial charge in [0.2, 0.25) is 10.0 Å².